The molecule has 1 aliphatic heterocycles. The van der Waals surface area contributed by atoms with Gasteiger partial charge in [-0.25, -0.2) is 4.79 Å². The van der Waals surface area contributed by atoms with Gasteiger partial charge in [0.1, 0.15) is 5.54 Å². The Hall–Kier alpha value is -1.14. The Morgan fingerprint density at radius 2 is 1.79 bits per heavy atom. The van der Waals surface area contributed by atoms with E-state index < -0.39 is 23.7 Å². The van der Waals surface area contributed by atoms with Crippen LogP contribution >= 0.6 is 0 Å². The standard InChI is InChI=1S/C13H22N2O4/c16-9-7-10(14-8-9)11(17)15-13(12(18)19)5-3-1-2-4-6-13/h9-10,14,16H,1-8H2,(H,15,17)(H,18,19). The summed E-state index contributed by atoms with van der Waals surface area (Å²) in [6.45, 7) is 0.387. The summed E-state index contributed by atoms with van der Waals surface area (Å²) >= 11 is 0. The predicted octanol–water partition coefficient (Wildman–Crippen LogP) is 0.00300. The molecule has 108 valence electrons. The van der Waals surface area contributed by atoms with E-state index in [2.05, 4.69) is 10.6 Å². The number of β-amino-alcohol motifs (C(OH)–C–C–N with tert-alkyl or cyclic N) is 1. The Balaban J connectivity index is 2.03. The minimum absolute atomic E-state index is 0.305. The molecular formula is C13H22N2O4. The summed E-state index contributed by atoms with van der Waals surface area (Å²) < 4.78 is 0. The van der Waals surface area contributed by atoms with Crippen LogP contribution in [0.1, 0.15) is 44.9 Å². The van der Waals surface area contributed by atoms with Gasteiger partial charge in [0.25, 0.3) is 0 Å². The fourth-order valence-corrected chi connectivity index (χ4v) is 2.96. The van der Waals surface area contributed by atoms with E-state index in [0.29, 0.717) is 25.8 Å². The van der Waals surface area contributed by atoms with Gasteiger partial charge < -0.3 is 20.8 Å². The summed E-state index contributed by atoms with van der Waals surface area (Å²) in [5.41, 5.74) is -1.12. The van der Waals surface area contributed by atoms with Gasteiger partial charge in [-0.1, -0.05) is 25.7 Å². The lowest BCUT2D eigenvalue weighted by molar-refractivity contribution is -0.148. The van der Waals surface area contributed by atoms with Gasteiger partial charge in [-0.2, -0.15) is 0 Å². The Kier molecular flexibility index (Phi) is 4.42. The van der Waals surface area contributed by atoms with E-state index >= 15 is 0 Å². The first kappa shape index (κ1) is 14.3. The van der Waals surface area contributed by atoms with E-state index in [1.54, 1.807) is 0 Å². The number of hydrogen-bond donors (Lipinski definition) is 4. The van der Waals surface area contributed by atoms with Crippen LogP contribution in [0.15, 0.2) is 0 Å². The van der Waals surface area contributed by atoms with E-state index in [1.165, 1.54) is 0 Å². The van der Waals surface area contributed by atoms with Crippen molar-refractivity contribution in [1.82, 2.24) is 10.6 Å². The largest absolute Gasteiger partial charge is 0.480 e. The quantitative estimate of drug-likeness (QED) is 0.541. The maximum Gasteiger partial charge on any atom is 0.329 e. The lowest BCUT2D eigenvalue weighted by Crippen LogP contribution is -2.57. The third kappa shape index (κ3) is 3.25. The third-order valence-corrected chi connectivity index (χ3v) is 4.15. The van der Waals surface area contributed by atoms with E-state index in [-0.39, 0.29) is 5.91 Å². The molecule has 19 heavy (non-hydrogen) atoms. The molecule has 2 aliphatic rings. The average Bonchev–Trinajstić information content (AvgIpc) is 2.65. The lowest BCUT2D eigenvalue weighted by Gasteiger charge is -2.30. The van der Waals surface area contributed by atoms with Gasteiger partial charge in [0.2, 0.25) is 5.91 Å². The first-order valence-corrected chi connectivity index (χ1v) is 7.00. The molecule has 0 aromatic carbocycles. The van der Waals surface area contributed by atoms with Crippen molar-refractivity contribution in [2.45, 2.75) is 62.6 Å². The number of carboxylic acid groups (broad SMARTS) is 1. The second kappa shape index (κ2) is 5.88. The highest BCUT2D eigenvalue weighted by molar-refractivity contribution is 5.89. The van der Waals surface area contributed by atoms with Crippen molar-refractivity contribution in [3.8, 4) is 0 Å². The van der Waals surface area contributed by atoms with E-state index in [9.17, 15) is 19.8 Å². The minimum atomic E-state index is -1.12. The highest BCUT2D eigenvalue weighted by Crippen LogP contribution is 2.28. The second-order valence-corrected chi connectivity index (χ2v) is 5.64. The summed E-state index contributed by atoms with van der Waals surface area (Å²) in [5, 5.41) is 24.5. The number of amides is 1. The summed E-state index contributed by atoms with van der Waals surface area (Å²) in [7, 11) is 0. The number of aliphatic hydroxyl groups excluding tert-OH is 1. The number of carbonyl (C=O) groups is 2. The number of carboxylic acids is 1. The molecule has 2 fully saturated rings. The van der Waals surface area contributed by atoms with Gasteiger partial charge in [-0.3, -0.25) is 4.79 Å². The Morgan fingerprint density at radius 3 is 2.26 bits per heavy atom. The van der Waals surface area contributed by atoms with E-state index in [0.717, 1.165) is 25.7 Å². The van der Waals surface area contributed by atoms with Crippen molar-refractivity contribution in [2.75, 3.05) is 6.54 Å². The molecule has 2 atom stereocenters. The third-order valence-electron chi connectivity index (χ3n) is 4.15. The van der Waals surface area contributed by atoms with Crippen LogP contribution in [0, 0.1) is 0 Å². The summed E-state index contributed by atoms with van der Waals surface area (Å²) in [5.74, 6) is -1.25. The van der Waals surface area contributed by atoms with Crippen molar-refractivity contribution in [3.05, 3.63) is 0 Å². The normalized spacial score (nSPS) is 30.6. The first-order valence-electron chi connectivity index (χ1n) is 7.00. The van der Waals surface area contributed by atoms with Crippen LogP contribution in [0.4, 0.5) is 0 Å². The average molecular weight is 270 g/mol. The SMILES string of the molecule is O=C(NC1(C(=O)O)CCCCCC1)C1CC(O)CN1. The van der Waals surface area contributed by atoms with Crippen molar-refractivity contribution >= 4 is 11.9 Å². The van der Waals surface area contributed by atoms with Crippen LogP contribution < -0.4 is 10.6 Å². The number of carbonyl (C=O) groups excluding carboxylic acids is 1. The maximum absolute atomic E-state index is 12.1. The van der Waals surface area contributed by atoms with Crippen LogP contribution in [-0.4, -0.2) is 46.3 Å². The second-order valence-electron chi connectivity index (χ2n) is 5.64. The van der Waals surface area contributed by atoms with Gasteiger partial charge in [0.05, 0.1) is 12.1 Å². The lowest BCUT2D eigenvalue weighted by atomic mass is 9.89. The molecule has 1 amide bonds. The molecular weight excluding hydrogens is 248 g/mol. The van der Waals surface area contributed by atoms with Crippen LogP contribution in [0.3, 0.4) is 0 Å². The van der Waals surface area contributed by atoms with Crippen LogP contribution in [0.5, 0.6) is 0 Å². The summed E-state index contributed by atoms with van der Waals surface area (Å²) in [6.07, 6.45) is 4.50. The van der Waals surface area contributed by atoms with Crippen molar-refractivity contribution in [1.29, 1.82) is 0 Å². The zero-order valence-electron chi connectivity index (χ0n) is 11.0. The van der Waals surface area contributed by atoms with Gasteiger partial charge in [0, 0.05) is 6.54 Å². The molecule has 6 nitrogen and oxygen atoms in total. The maximum atomic E-state index is 12.1. The predicted molar refractivity (Wildman–Crippen MR) is 68.6 cm³/mol. The molecule has 2 rings (SSSR count). The first-order chi connectivity index (χ1) is 9.03. The Labute approximate surface area is 112 Å². The highest BCUT2D eigenvalue weighted by Gasteiger charge is 2.42. The number of hydrogen-bond acceptors (Lipinski definition) is 4. The molecule has 0 aromatic heterocycles. The number of rotatable bonds is 3. The van der Waals surface area contributed by atoms with Crippen molar-refractivity contribution in [3.63, 3.8) is 0 Å². The van der Waals surface area contributed by atoms with Gasteiger partial charge in [-0.05, 0) is 19.3 Å². The number of aliphatic hydroxyl groups is 1. The van der Waals surface area contributed by atoms with Gasteiger partial charge in [-0.15, -0.1) is 0 Å². The topological polar surface area (TPSA) is 98.7 Å². The smallest absolute Gasteiger partial charge is 0.329 e. The molecule has 1 saturated carbocycles. The van der Waals surface area contributed by atoms with Crippen LogP contribution in [0.2, 0.25) is 0 Å². The monoisotopic (exact) mass is 270 g/mol. The Bertz CT molecular complexity index is 351. The molecule has 1 saturated heterocycles. The van der Waals surface area contributed by atoms with Gasteiger partial charge in [0.15, 0.2) is 0 Å². The molecule has 0 radical (unpaired) electrons. The Morgan fingerprint density at radius 1 is 1.16 bits per heavy atom. The molecule has 2 unspecified atom stereocenters. The summed E-state index contributed by atoms with van der Waals surface area (Å²) in [6, 6.07) is -0.477. The minimum Gasteiger partial charge on any atom is -0.480 e. The molecule has 1 heterocycles. The number of nitrogens with one attached hydrogen (secondary N) is 2. The molecule has 6 heteroatoms. The fourth-order valence-electron chi connectivity index (χ4n) is 2.96. The van der Waals surface area contributed by atoms with E-state index in [1.807, 2.05) is 0 Å². The highest BCUT2D eigenvalue weighted by atomic mass is 16.4. The molecule has 4 N–H and O–H groups in total. The fraction of sp³-hybridized carbons (Fsp3) is 0.846. The number of aliphatic carboxylic acids is 1. The van der Waals surface area contributed by atoms with Crippen LogP contribution in [-0.2, 0) is 9.59 Å². The molecule has 1 aliphatic carbocycles. The zero-order valence-corrected chi connectivity index (χ0v) is 11.0. The molecule has 0 spiro atoms. The summed E-state index contributed by atoms with van der Waals surface area (Å²) in [4.78, 5) is 23.7. The zero-order chi connectivity index (χ0) is 13.9. The molecule has 0 aromatic rings. The van der Waals surface area contributed by atoms with Crippen molar-refractivity contribution in [2.24, 2.45) is 0 Å². The van der Waals surface area contributed by atoms with E-state index in [4.69, 9.17) is 0 Å². The molecule has 0 bridgehead atoms. The van der Waals surface area contributed by atoms with Crippen molar-refractivity contribution < 1.29 is 19.8 Å². The van der Waals surface area contributed by atoms with Gasteiger partial charge >= 0.3 is 5.97 Å². The van der Waals surface area contributed by atoms with Crippen LogP contribution in [0.25, 0.3) is 0 Å².